The monoisotopic (exact) mass is 441 g/mol. The van der Waals surface area contributed by atoms with E-state index in [0.717, 1.165) is 49.0 Å². The lowest BCUT2D eigenvalue weighted by atomic mass is 9.77. The third kappa shape index (κ3) is 3.12. The number of aromatic amines is 1. The van der Waals surface area contributed by atoms with Crippen molar-refractivity contribution in [3.8, 4) is 0 Å². The molecule has 0 unspecified atom stereocenters. The van der Waals surface area contributed by atoms with Crippen LogP contribution in [0.4, 0.5) is 11.8 Å². The number of aromatic nitrogens is 3. The molecule has 31 heavy (non-hydrogen) atoms. The molecular formula is C21H23N5O4S. The zero-order chi connectivity index (χ0) is 21.2. The van der Waals surface area contributed by atoms with Gasteiger partial charge in [0.05, 0.1) is 17.7 Å². The van der Waals surface area contributed by atoms with Crippen LogP contribution in [0.5, 0.6) is 0 Å². The molecule has 0 radical (unpaired) electrons. The molecule has 1 saturated carbocycles. The molecule has 4 heterocycles. The van der Waals surface area contributed by atoms with Gasteiger partial charge in [-0.1, -0.05) is 0 Å². The quantitative estimate of drug-likeness (QED) is 0.519. The Morgan fingerprint density at radius 1 is 1.29 bits per heavy atom. The zero-order valence-electron chi connectivity index (χ0n) is 16.9. The molecule has 3 aliphatic rings. The van der Waals surface area contributed by atoms with E-state index in [1.165, 1.54) is 5.56 Å². The molecule has 1 atom stereocenters. The van der Waals surface area contributed by atoms with E-state index in [1.54, 1.807) is 0 Å². The average molecular weight is 442 g/mol. The number of hydrogen-bond acceptors (Lipinski definition) is 8. The minimum absolute atomic E-state index is 0.0305. The van der Waals surface area contributed by atoms with Gasteiger partial charge in [0, 0.05) is 19.5 Å². The van der Waals surface area contributed by atoms with Crippen molar-refractivity contribution in [2.45, 2.75) is 49.1 Å². The molecule has 0 amide bonds. The lowest BCUT2D eigenvalue weighted by Crippen LogP contribution is -2.49. The SMILES string of the molecule is O=c1[nH]c2cc3c(cc2o1)CN(c1nc2c(c(NC4(CO)CCC4)n1)[S@+]([O-])CC2)CC3. The van der Waals surface area contributed by atoms with Gasteiger partial charge in [-0.15, -0.1) is 0 Å². The second-order valence-electron chi connectivity index (χ2n) is 8.67. The summed E-state index contributed by atoms with van der Waals surface area (Å²) >= 11 is -1.12. The van der Waals surface area contributed by atoms with Crippen molar-refractivity contribution >= 4 is 34.0 Å². The number of rotatable bonds is 4. The smallest absolute Gasteiger partial charge is 0.417 e. The Kier molecular flexibility index (Phi) is 4.31. The van der Waals surface area contributed by atoms with E-state index in [1.807, 2.05) is 12.1 Å². The van der Waals surface area contributed by atoms with Crippen molar-refractivity contribution in [2.24, 2.45) is 0 Å². The molecule has 2 aromatic heterocycles. The molecule has 162 valence electrons. The van der Waals surface area contributed by atoms with Gasteiger partial charge in [0.15, 0.2) is 11.4 Å². The highest BCUT2D eigenvalue weighted by atomic mass is 32.2. The van der Waals surface area contributed by atoms with Gasteiger partial charge in [-0.05, 0) is 60.1 Å². The zero-order valence-corrected chi connectivity index (χ0v) is 17.8. The fraction of sp³-hybridized carbons (Fsp3) is 0.476. The first-order valence-corrected chi connectivity index (χ1v) is 11.9. The highest BCUT2D eigenvalue weighted by Crippen LogP contribution is 2.39. The molecule has 3 N–H and O–H groups in total. The summed E-state index contributed by atoms with van der Waals surface area (Å²) < 4.78 is 17.8. The van der Waals surface area contributed by atoms with Crippen LogP contribution < -0.4 is 16.0 Å². The Balaban J connectivity index is 1.36. The standard InChI is InChI=1S/C21H23N5O4S/c27-11-21(4-1-5-21)25-18-17-14(3-7-31(17)29)22-19(24-18)26-6-2-12-8-15-16(9-13(12)10-26)30-20(28)23-15/h8-9,27H,1-7,10-11H2,(H,23,28)(H,22,24,25)/t31-/m1/s1. The van der Waals surface area contributed by atoms with Gasteiger partial charge < -0.3 is 24.3 Å². The van der Waals surface area contributed by atoms with Crippen LogP contribution in [0.2, 0.25) is 0 Å². The minimum Gasteiger partial charge on any atom is -0.611 e. The summed E-state index contributed by atoms with van der Waals surface area (Å²) in [7, 11) is 0. The number of fused-ring (bicyclic) bond motifs is 3. The molecular weight excluding hydrogens is 418 g/mol. The van der Waals surface area contributed by atoms with Crippen LogP contribution in [-0.4, -0.2) is 49.1 Å². The maximum Gasteiger partial charge on any atom is 0.417 e. The number of oxazole rings is 1. The molecule has 1 aromatic carbocycles. The van der Waals surface area contributed by atoms with Crippen molar-refractivity contribution < 1.29 is 14.1 Å². The van der Waals surface area contributed by atoms with Crippen molar-refractivity contribution in [3.63, 3.8) is 0 Å². The fourth-order valence-corrected chi connectivity index (χ4v) is 6.07. The van der Waals surface area contributed by atoms with Crippen LogP contribution in [0.15, 0.2) is 26.2 Å². The Morgan fingerprint density at radius 2 is 2.16 bits per heavy atom. The number of hydrogen-bond donors (Lipinski definition) is 3. The van der Waals surface area contributed by atoms with E-state index in [4.69, 9.17) is 14.4 Å². The van der Waals surface area contributed by atoms with E-state index in [-0.39, 0.29) is 12.1 Å². The second kappa shape index (κ2) is 6.98. The molecule has 3 aromatic rings. The van der Waals surface area contributed by atoms with Crippen LogP contribution in [0, 0.1) is 0 Å². The third-order valence-corrected chi connectivity index (χ3v) is 8.17. The highest BCUT2D eigenvalue weighted by Gasteiger charge is 2.41. The highest BCUT2D eigenvalue weighted by molar-refractivity contribution is 7.91. The van der Waals surface area contributed by atoms with E-state index in [2.05, 4.69) is 15.2 Å². The van der Waals surface area contributed by atoms with Crippen LogP contribution in [0.1, 0.15) is 36.1 Å². The van der Waals surface area contributed by atoms with Gasteiger partial charge in [-0.2, -0.15) is 4.98 Å². The molecule has 9 nitrogen and oxygen atoms in total. The third-order valence-electron chi connectivity index (χ3n) is 6.71. The number of nitrogens with zero attached hydrogens (tertiary/aromatic N) is 3. The average Bonchev–Trinajstić information content (AvgIpc) is 3.29. The molecule has 2 aliphatic heterocycles. The number of aliphatic hydroxyl groups excluding tert-OH is 1. The van der Waals surface area contributed by atoms with Gasteiger partial charge in [0.2, 0.25) is 10.8 Å². The molecule has 1 fully saturated rings. The van der Waals surface area contributed by atoms with Gasteiger partial charge in [0.25, 0.3) is 0 Å². The van der Waals surface area contributed by atoms with Crippen LogP contribution in [0.3, 0.4) is 0 Å². The maximum atomic E-state index is 12.6. The summed E-state index contributed by atoms with van der Waals surface area (Å²) in [5.41, 5.74) is 3.97. The van der Waals surface area contributed by atoms with Gasteiger partial charge in [0.1, 0.15) is 11.4 Å². The Hall–Kier alpha value is -2.56. The van der Waals surface area contributed by atoms with Crippen LogP contribution >= 0.6 is 0 Å². The largest absolute Gasteiger partial charge is 0.611 e. The first-order chi connectivity index (χ1) is 15.0. The normalized spacial score (nSPS) is 21.6. The van der Waals surface area contributed by atoms with E-state index < -0.39 is 16.9 Å². The molecule has 0 bridgehead atoms. The number of anilines is 2. The number of aliphatic hydroxyl groups is 1. The summed E-state index contributed by atoms with van der Waals surface area (Å²) in [5, 5.41) is 13.3. The predicted molar refractivity (Wildman–Crippen MR) is 116 cm³/mol. The van der Waals surface area contributed by atoms with Gasteiger partial charge in [-0.3, -0.25) is 4.98 Å². The lowest BCUT2D eigenvalue weighted by molar-refractivity contribution is 0.143. The maximum absolute atomic E-state index is 12.6. The lowest BCUT2D eigenvalue weighted by Gasteiger charge is -2.41. The summed E-state index contributed by atoms with van der Waals surface area (Å²) in [6.07, 6.45) is 4.27. The number of H-pyrrole nitrogens is 1. The molecule has 10 heteroatoms. The van der Waals surface area contributed by atoms with Crippen LogP contribution in [-0.2, 0) is 30.6 Å². The van der Waals surface area contributed by atoms with Crippen molar-refractivity contribution in [1.82, 2.24) is 15.0 Å². The van der Waals surface area contributed by atoms with Crippen molar-refractivity contribution in [2.75, 3.05) is 29.1 Å². The van der Waals surface area contributed by atoms with Gasteiger partial charge in [-0.25, -0.2) is 9.78 Å². The Bertz CT molecular complexity index is 1230. The Labute approximate surface area is 181 Å². The van der Waals surface area contributed by atoms with E-state index in [9.17, 15) is 14.5 Å². The summed E-state index contributed by atoms with van der Waals surface area (Å²) in [5.74, 6) is 1.31. The molecule has 0 spiro atoms. The Morgan fingerprint density at radius 3 is 2.94 bits per heavy atom. The van der Waals surface area contributed by atoms with Gasteiger partial charge >= 0.3 is 5.76 Å². The molecule has 6 rings (SSSR count). The second-order valence-corrected chi connectivity index (χ2v) is 10.2. The van der Waals surface area contributed by atoms with Crippen LogP contribution in [0.25, 0.3) is 11.1 Å². The van der Waals surface area contributed by atoms with E-state index in [0.29, 0.717) is 41.0 Å². The number of nitrogens with one attached hydrogen (secondary N) is 2. The molecule has 1 aliphatic carbocycles. The first kappa shape index (κ1) is 19.1. The minimum atomic E-state index is -1.12. The van der Waals surface area contributed by atoms with Crippen molar-refractivity contribution in [1.29, 1.82) is 0 Å². The first-order valence-electron chi connectivity index (χ1n) is 10.6. The fourth-order valence-electron chi connectivity index (χ4n) is 4.76. The number of aryl methyl sites for hydroxylation is 1. The van der Waals surface area contributed by atoms with Crippen molar-refractivity contribution in [3.05, 3.63) is 39.5 Å². The number of benzene rings is 1. The van der Waals surface area contributed by atoms with E-state index >= 15 is 0 Å². The summed E-state index contributed by atoms with van der Waals surface area (Å²) in [4.78, 5) is 26.6. The topological polar surface area (TPSA) is 130 Å². The predicted octanol–water partition coefficient (Wildman–Crippen LogP) is 1.46. The summed E-state index contributed by atoms with van der Waals surface area (Å²) in [6, 6.07) is 3.89. The molecule has 0 saturated heterocycles. The summed E-state index contributed by atoms with van der Waals surface area (Å²) in [6.45, 7) is 1.38.